The largest absolute Gasteiger partial charge is 0.496 e. The number of fused-ring (bicyclic) bond motifs is 1. The SMILES string of the molecule is COc1ccc(N(C)c2nc3ccccc3[nH]2)cc1C. The molecule has 0 aliphatic heterocycles. The van der Waals surface area contributed by atoms with Gasteiger partial charge >= 0.3 is 0 Å². The number of para-hydroxylation sites is 2. The maximum Gasteiger partial charge on any atom is 0.208 e. The van der Waals surface area contributed by atoms with E-state index in [1.54, 1.807) is 7.11 Å². The minimum absolute atomic E-state index is 0.829. The first kappa shape index (κ1) is 12.5. The van der Waals surface area contributed by atoms with Crippen LogP contribution in [0.15, 0.2) is 42.5 Å². The van der Waals surface area contributed by atoms with Gasteiger partial charge in [0.15, 0.2) is 0 Å². The third-order valence-electron chi connectivity index (χ3n) is 3.46. The molecule has 0 aliphatic rings. The number of aromatic nitrogens is 2. The molecule has 4 nitrogen and oxygen atoms in total. The van der Waals surface area contributed by atoms with Crippen molar-refractivity contribution in [1.29, 1.82) is 0 Å². The minimum atomic E-state index is 0.829. The Kier molecular flexibility index (Phi) is 3.06. The quantitative estimate of drug-likeness (QED) is 0.787. The van der Waals surface area contributed by atoms with Crippen LogP contribution in [0.3, 0.4) is 0 Å². The molecular weight excluding hydrogens is 250 g/mol. The van der Waals surface area contributed by atoms with Crippen LogP contribution in [0.2, 0.25) is 0 Å². The molecule has 0 amide bonds. The zero-order valence-electron chi connectivity index (χ0n) is 11.8. The monoisotopic (exact) mass is 267 g/mol. The number of benzene rings is 2. The lowest BCUT2D eigenvalue weighted by atomic mass is 10.2. The number of ether oxygens (including phenoxy) is 1. The highest BCUT2D eigenvalue weighted by Gasteiger charge is 2.10. The first-order valence-electron chi connectivity index (χ1n) is 6.52. The number of hydrogen-bond acceptors (Lipinski definition) is 3. The van der Waals surface area contributed by atoms with Crippen LogP contribution in [0.25, 0.3) is 11.0 Å². The highest BCUT2D eigenvalue weighted by atomic mass is 16.5. The Bertz CT molecular complexity index is 715. The van der Waals surface area contributed by atoms with Crippen LogP contribution in [0.5, 0.6) is 5.75 Å². The number of imidazole rings is 1. The van der Waals surface area contributed by atoms with Crippen molar-refractivity contribution in [2.75, 3.05) is 19.1 Å². The summed E-state index contributed by atoms with van der Waals surface area (Å²) >= 11 is 0. The number of methoxy groups -OCH3 is 1. The van der Waals surface area contributed by atoms with Gasteiger partial charge in [-0.2, -0.15) is 0 Å². The average Bonchev–Trinajstić information content (AvgIpc) is 2.90. The second kappa shape index (κ2) is 4.89. The summed E-state index contributed by atoms with van der Waals surface area (Å²) in [5.74, 6) is 1.72. The van der Waals surface area contributed by atoms with E-state index >= 15 is 0 Å². The molecule has 3 rings (SSSR count). The van der Waals surface area contributed by atoms with Gasteiger partial charge < -0.3 is 14.6 Å². The maximum atomic E-state index is 5.29. The van der Waals surface area contributed by atoms with Crippen LogP contribution in [-0.2, 0) is 0 Å². The van der Waals surface area contributed by atoms with Crippen LogP contribution < -0.4 is 9.64 Å². The summed E-state index contributed by atoms with van der Waals surface area (Å²) < 4.78 is 5.29. The molecule has 4 heteroatoms. The van der Waals surface area contributed by atoms with E-state index in [0.717, 1.165) is 34.0 Å². The summed E-state index contributed by atoms with van der Waals surface area (Å²) in [7, 11) is 3.68. The fourth-order valence-corrected chi connectivity index (χ4v) is 2.29. The summed E-state index contributed by atoms with van der Waals surface area (Å²) in [4.78, 5) is 9.96. The van der Waals surface area contributed by atoms with Crippen molar-refractivity contribution in [3.05, 3.63) is 48.0 Å². The fraction of sp³-hybridized carbons (Fsp3) is 0.188. The fourth-order valence-electron chi connectivity index (χ4n) is 2.29. The predicted octanol–water partition coefficient (Wildman–Crippen LogP) is 3.65. The number of aromatic amines is 1. The van der Waals surface area contributed by atoms with Crippen LogP contribution in [0.4, 0.5) is 11.6 Å². The van der Waals surface area contributed by atoms with E-state index in [2.05, 4.69) is 16.0 Å². The first-order valence-corrected chi connectivity index (χ1v) is 6.52. The van der Waals surface area contributed by atoms with E-state index in [1.165, 1.54) is 0 Å². The van der Waals surface area contributed by atoms with Gasteiger partial charge in [0.1, 0.15) is 5.75 Å². The predicted molar refractivity (Wildman–Crippen MR) is 81.9 cm³/mol. The Morgan fingerprint density at radius 2 is 1.95 bits per heavy atom. The molecule has 1 aromatic heterocycles. The molecule has 1 N–H and O–H groups in total. The number of anilines is 2. The number of hydrogen-bond donors (Lipinski definition) is 1. The standard InChI is InChI=1S/C16H17N3O/c1-11-10-12(8-9-15(11)20-3)19(2)16-17-13-6-4-5-7-14(13)18-16/h4-10H,1-3H3,(H,17,18). The molecule has 0 radical (unpaired) electrons. The van der Waals surface area contributed by atoms with E-state index in [1.807, 2.05) is 55.3 Å². The summed E-state index contributed by atoms with van der Waals surface area (Å²) in [6.07, 6.45) is 0. The van der Waals surface area contributed by atoms with E-state index in [4.69, 9.17) is 4.74 Å². The van der Waals surface area contributed by atoms with Crippen LogP contribution in [0.1, 0.15) is 5.56 Å². The van der Waals surface area contributed by atoms with Gasteiger partial charge in [-0.15, -0.1) is 0 Å². The van der Waals surface area contributed by atoms with Crippen molar-refractivity contribution in [1.82, 2.24) is 9.97 Å². The normalized spacial score (nSPS) is 10.8. The Labute approximate surface area is 118 Å². The summed E-state index contributed by atoms with van der Waals surface area (Å²) in [6.45, 7) is 2.04. The van der Waals surface area contributed by atoms with Crippen molar-refractivity contribution in [3.8, 4) is 5.75 Å². The second-order valence-electron chi connectivity index (χ2n) is 4.79. The van der Waals surface area contributed by atoms with E-state index in [9.17, 15) is 0 Å². The summed E-state index contributed by atoms with van der Waals surface area (Å²) in [5.41, 5.74) is 4.19. The van der Waals surface area contributed by atoms with Gasteiger partial charge in [0.2, 0.25) is 5.95 Å². The number of rotatable bonds is 3. The third-order valence-corrected chi connectivity index (χ3v) is 3.46. The maximum absolute atomic E-state index is 5.29. The van der Waals surface area contributed by atoms with Gasteiger partial charge in [-0.05, 0) is 42.8 Å². The van der Waals surface area contributed by atoms with Crippen LogP contribution >= 0.6 is 0 Å². The third kappa shape index (κ3) is 2.09. The molecule has 0 atom stereocenters. The lowest BCUT2D eigenvalue weighted by molar-refractivity contribution is 0.412. The average molecular weight is 267 g/mol. The van der Waals surface area contributed by atoms with Gasteiger partial charge in [0.05, 0.1) is 18.1 Å². The molecule has 0 bridgehead atoms. The highest BCUT2D eigenvalue weighted by molar-refractivity contribution is 5.78. The molecule has 0 unspecified atom stereocenters. The van der Waals surface area contributed by atoms with E-state index in [-0.39, 0.29) is 0 Å². The van der Waals surface area contributed by atoms with Crippen molar-refractivity contribution >= 4 is 22.7 Å². The van der Waals surface area contributed by atoms with Crippen LogP contribution in [0, 0.1) is 6.92 Å². The van der Waals surface area contributed by atoms with Crippen molar-refractivity contribution in [2.24, 2.45) is 0 Å². The molecule has 0 saturated carbocycles. The molecule has 3 aromatic rings. The van der Waals surface area contributed by atoms with Gasteiger partial charge in [-0.1, -0.05) is 12.1 Å². The molecule has 0 saturated heterocycles. The van der Waals surface area contributed by atoms with Crippen molar-refractivity contribution in [3.63, 3.8) is 0 Å². The Hall–Kier alpha value is -2.49. The highest BCUT2D eigenvalue weighted by Crippen LogP contribution is 2.28. The number of aryl methyl sites for hydroxylation is 1. The van der Waals surface area contributed by atoms with Crippen molar-refractivity contribution in [2.45, 2.75) is 6.92 Å². The van der Waals surface area contributed by atoms with Gasteiger partial charge in [-0.3, -0.25) is 0 Å². The second-order valence-corrected chi connectivity index (χ2v) is 4.79. The Morgan fingerprint density at radius 3 is 2.65 bits per heavy atom. The molecule has 1 heterocycles. The summed E-state index contributed by atoms with van der Waals surface area (Å²) in [6, 6.07) is 14.1. The molecule has 102 valence electrons. The number of H-pyrrole nitrogens is 1. The molecular formula is C16H17N3O. The zero-order chi connectivity index (χ0) is 14.1. The van der Waals surface area contributed by atoms with Gasteiger partial charge in [0.25, 0.3) is 0 Å². The number of nitrogens with one attached hydrogen (secondary N) is 1. The first-order chi connectivity index (χ1) is 9.69. The minimum Gasteiger partial charge on any atom is -0.496 e. The smallest absolute Gasteiger partial charge is 0.208 e. The van der Waals surface area contributed by atoms with Gasteiger partial charge in [-0.25, -0.2) is 4.98 Å². The molecule has 0 spiro atoms. The lowest BCUT2D eigenvalue weighted by Crippen LogP contribution is -2.11. The van der Waals surface area contributed by atoms with Crippen molar-refractivity contribution < 1.29 is 4.74 Å². The number of nitrogens with zero attached hydrogens (tertiary/aromatic N) is 2. The van der Waals surface area contributed by atoms with Crippen LogP contribution in [-0.4, -0.2) is 24.1 Å². The zero-order valence-corrected chi connectivity index (χ0v) is 11.8. The molecule has 20 heavy (non-hydrogen) atoms. The molecule has 2 aromatic carbocycles. The summed E-state index contributed by atoms with van der Waals surface area (Å²) in [5, 5.41) is 0. The Morgan fingerprint density at radius 1 is 1.15 bits per heavy atom. The molecule has 0 aliphatic carbocycles. The van der Waals surface area contributed by atoms with E-state index < -0.39 is 0 Å². The Balaban J connectivity index is 1.99. The van der Waals surface area contributed by atoms with E-state index in [0.29, 0.717) is 0 Å². The van der Waals surface area contributed by atoms with Gasteiger partial charge in [0, 0.05) is 12.7 Å². The molecule has 0 fully saturated rings. The topological polar surface area (TPSA) is 41.1 Å². The lowest BCUT2D eigenvalue weighted by Gasteiger charge is -2.17.